The van der Waals surface area contributed by atoms with Crippen molar-refractivity contribution in [1.82, 2.24) is 8.97 Å². The molecule has 3 heterocycles. The number of hydrogen-bond donors (Lipinski definition) is 0. The molecular formula is C32H18F4N2. The first kappa shape index (κ1) is 22.4. The van der Waals surface area contributed by atoms with Crippen molar-refractivity contribution in [2.75, 3.05) is 0 Å². The topological polar surface area (TPSA) is 9.34 Å². The number of aromatic nitrogens is 2. The molecule has 184 valence electrons. The van der Waals surface area contributed by atoms with Gasteiger partial charge in [-0.25, -0.2) is 17.6 Å². The maximum atomic E-state index is 16.0. The van der Waals surface area contributed by atoms with E-state index >= 15 is 17.6 Å². The summed E-state index contributed by atoms with van der Waals surface area (Å²) in [5.41, 5.74) is 1.21. The van der Waals surface area contributed by atoms with Gasteiger partial charge in [0, 0.05) is 34.3 Å². The Hall–Kier alpha value is -4.84. The van der Waals surface area contributed by atoms with E-state index in [9.17, 15) is 0 Å². The minimum atomic E-state index is -1.46. The van der Waals surface area contributed by atoms with E-state index in [1.807, 2.05) is 18.2 Å². The largest absolute Gasteiger partial charge is 0.323 e. The van der Waals surface area contributed by atoms with Gasteiger partial charge in [-0.05, 0) is 29.8 Å². The normalized spacial score (nSPS) is 11.7. The van der Waals surface area contributed by atoms with Crippen molar-refractivity contribution < 1.29 is 17.6 Å². The van der Waals surface area contributed by atoms with Crippen molar-refractivity contribution in [2.24, 2.45) is 0 Å². The van der Waals surface area contributed by atoms with Crippen LogP contribution in [0.4, 0.5) is 17.6 Å². The van der Waals surface area contributed by atoms with Crippen molar-refractivity contribution in [3.05, 3.63) is 133 Å². The Bertz CT molecular complexity index is 1940. The summed E-state index contributed by atoms with van der Waals surface area (Å²) >= 11 is 0. The van der Waals surface area contributed by atoms with Crippen molar-refractivity contribution in [3.63, 3.8) is 0 Å². The fraction of sp³-hybridized carbons (Fsp3) is 0. The highest BCUT2D eigenvalue weighted by atomic mass is 19.2. The first-order valence-electron chi connectivity index (χ1n) is 12.1. The number of benzene rings is 4. The van der Waals surface area contributed by atoms with E-state index < -0.39 is 34.5 Å². The summed E-state index contributed by atoms with van der Waals surface area (Å²) < 4.78 is 66.9. The molecular weight excluding hydrogens is 488 g/mol. The standard InChI is InChI=1S/C32H18F4N2/c33-28-27(22-18-37-17-9-8-16-25(37)26(22)19-10-2-1-3-11-19)29(34)31(36)32(30(28)35)38-23-14-6-4-12-20(23)21-13-5-7-15-24(21)38/h1-18H. The zero-order chi connectivity index (χ0) is 26.0. The SMILES string of the molecule is Fc1c(F)c(-n2c3ccccc3c3ccccc32)c(F)c(F)c1-c1cn2ccccc2c1-c1ccccc1. The average molecular weight is 507 g/mol. The van der Waals surface area contributed by atoms with E-state index in [1.54, 1.807) is 89.5 Å². The van der Waals surface area contributed by atoms with Crippen LogP contribution in [0.15, 0.2) is 109 Å². The highest BCUT2D eigenvalue weighted by molar-refractivity contribution is 6.09. The fourth-order valence-electron chi connectivity index (χ4n) is 5.44. The molecule has 6 heteroatoms. The highest BCUT2D eigenvalue weighted by Crippen LogP contribution is 2.43. The van der Waals surface area contributed by atoms with Crippen LogP contribution in [-0.2, 0) is 0 Å². The van der Waals surface area contributed by atoms with Gasteiger partial charge in [-0.1, -0.05) is 72.8 Å². The molecule has 0 atom stereocenters. The van der Waals surface area contributed by atoms with Crippen molar-refractivity contribution in [2.45, 2.75) is 0 Å². The number of hydrogen-bond acceptors (Lipinski definition) is 0. The lowest BCUT2D eigenvalue weighted by atomic mass is 9.96. The highest BCUT2D eigenvalue weighted by Gasteiger charge is 2.31. The lowest BCUT2D eigenvalue weighted by Gasteiger charge is -2.15. The monoisotopic (exact) mass is 506 g/mol. The fourth-order valence-corrected chi connectivity index (χ4v) is 5.44. The van der Waals surface area contributed by atoms with Gasteiger partial charge in [0.2, 0.25) is 0 Å². The predicted molar refractivity (Wildman–Crippen MR) is 142 cm³/mol. The Morgan fingerprint density at radius 3 is 1.63 bits per heavy atom. The molecule has 0 bridgehead atoms. The first-order chi connectivity index (χ1) is 18.6. The second-order valence-electron chi connectivity index (χ2n) is 9.13. The Morgan fingerprint density at radius 1 is 0.474 bits per heavy atom. The van der Waals surface area contributed by atoms with E-state index in [4.69, 9.17) is 0 Å². The summed E-state index contributed by atoms with van der Waals surface area (Å²) in [4.78, 5) is 0. The molecule has 38 heavy (non-hydrogen) atoms. The van der Waals surface area contributed by atoms with Gasteiger partial charge in [0.1, 0.15) is 5.69 Å². The number of rotatable bonds is 3. The molecule has 0 aliphatic carbocycles. The molecule has 0 unspecified atom stereocenters. The quantitative estimate of drug-likeness (QED) is 0.167. The molecule has 2 nitrogen and oxygen atoms in total. The van der Waals surface area contributed by atoms with Crippen molar-refractivity contribution >= 4 is 27.3 Å². The Kier molecular flexibility index (Phi) is 4.91. The Balaban J connectivity index is 1.57. The zero-order valence-electron chi connectivity index (χ0n) is 19.8. The van der Waals surface area contributed by atoms with E-state index in [0.29, 0.717) is 27.7 Å². The summed E-state index contributed by atoms with van der Waals surface area (Å²) in [5.74, 6) is -5.82. The van der Waals surface area contributed by atoms with Gasteiger partial charge < -0.3 is 8.97 Å². The summed E-state index contributed by atoms with van der Waals surface area (Å²) in [6.07, 6.45) is 3.22. The minimum absolute atomic E-state index is 0.0592. The van der Waals surface area contributed by atoms with Crippen molar-refractivity contribution in [3.8, 4) is 27.9 Å². The van der Waals surface area contributed by atoms with Crippen LogP contribution >= 0.6 is 0 Å². The van der Waals surface area contributed by atoms with Gasteiger partial charge >= 0.3 is 0 Å². The Labute approximate surface area is 214 Å². The average Bonchev–Trinajstić information content (AvgIpc) is 3.49. The van der Waals surface area contributed by atoms with Crippen molar-refractivity contribution in [1.29, 1.82) is 0 Å². The predicted octanol–water partition coefficient (Wildman–Crippen LogP) is 8.93. The molecule has 0 aliphatic rings. The van der Waals surface area contributed by atoms with Gasteiger partial charge in [0.25, 0.3) is 0 Å². The molecule has 0 N–H and O–H groups in total. The van der Waals surface area contributed by atoms with Crippen LogP contribution in [0, 0.1) is 23.3 Å². The van der Waals surface area contributed by atoms with Crippen LogP contribution in [-0.4, -0.2) is 8.97 Å². The lowest BCUT2D eigenvalue weighted by Crippen LogP contribution is -2.09. The summed E-state index contributed by atoms with van der Waals surface area (Å²) in [5, 5.41) is 1.44. The number of para-hydroxylation sites is 2. The third-order valence-electron chi connectivity index (χ3n) is 7.06. The molecule has 0 radical (unpaired) electrons. The van der Waals surface area contributed by atoms with Gasteiger partial charge in [-0.15, -0.1) is 0 Å². The van der Waals surface area contributed by atoms with Crippen LogP contribution in [0.2, 0.25) is 0 Å². The van der Waals surface area contributed by atoms with Crippen LogP contribution < -0.4 is 0 Å². The van der Waals surface area contributed by atoms with Gasteiger partial charge in [-0.2, -0.15) is 0 Å². The van der Waals surface area contributed by atoms with Crippen LogP contribution in [0.25, 0.3) is 55.3 Å². The second kappa shape index (κ2) is 8.35. The third-order valence-corrected chi connectivity index (χ3v) is 7.06. The molecule has 0 aliphatic heterocycles. The van der Waals surface area contributed by atoms with Crippen LogP contribution in [0.3, 0.4) is 0 Å². The number of nitrogens with zero attached hydrogens (tertiary/aromatic N) is 2. The summed E-state index contributed by atoms with van der Waals surface area (Å²) in [6.45, 7) is 0. The minimum Gasteiger partial charge on any atom is -0.323 e. The molecule has 4 aromatic carbocycles. The molecule has 0 amide bonds. The summed E-state index contributed by atoms with van der Waals surface area (Å²) in [7, 11) is 0. The first-order valence-corrected chi connectivity index (χ1v) is 12.1. The Morgan fingerprint density at radius 2 is 1.00 bits per heavy atom. The maximum absolute atomic E-state index is 16.0. The van der Waals surface area contributed by atoms with Gasteiger partial charge in [-0.3, -0.25) is 0 Å². The van der Waals surface area contributed by atoms with E-state index in [2.05, 4.69) is 0 Å². The van der Waals surface area contributed by atoms with E-state index in [0.717, 1.165) is 10.8 Å². The van der Waals surface area contributed by atoms with Gasteiger partial charge in [0.05, 0.1) is 22.1 Å². The third kappa shape index (κ3) is 3.07. The molecule has 7 aromatic rings. The molecule has 0 saturated heterocycles. The van der Waals surface area contributed by atoms with E-state index in [-0.39, 0.29) is 5.56 Å². The van der Waals surface area contributed by atoms with E-state index in [1.165, 1.54) is 10.8 Å². The lowest BCUT2D eigenvalue weighted by molar-refractivity contribution is 0.454. The zero-order valence-corrected chi connectivity index (χ0v) is 19.8. The maximum Gasteiger partial charge on any atom is 0.186 e. The molecule has 0 saturated carbocycles. The molecule has 0 spiro atoms. The number of halogens is 4. The molecule has 0 fully saturated rings. The number of fused-ring (bicyclic) bond motifs is 4. The molecule has 7 rings (SSSR count). The number of pyridine rings is 1. The van der Waals surface area contributed by atoms with Crippen LogP contribution in [0.1, 0.15) is 0 Å². The second-order valence-corrected chi connectivity index (χ2v) is 9.13. The summed E-state index contributed by atoms with van der Waals surface area (Å²) in [6, 6.07) is 28.4. The smallest absolute Gasteiger partial charge is 0.186 e. The van der Waals surface area contributed by atoms with Gasteiger partial charge in [0.15, 0.2) is 23.3 Å². The molecule has 3 aromatic heterocycles. The van der Waals surface area contributed by atoms with Crippen LogP contribution in [0.5, 0.6) is 0 Å².